The van der Waals surface area contributed by atoms with Crippen molar-refractivity contribution in [2.45, 2.75) is 39.8 Å². The first-order chi connectivity index (χ1) is 11.2. The Bertz CT molecular complexity index is 592. The van der Waals surface area contributed by atoms with Crippen molar-refractivity contribution in [2.75, 3.05) is 13.1 Å². The van der Waals surface area contributed by atoms with Gasteiger partial charge in [0.25, 0.3) is 0 Å². The molecular weight excluding hydrogens is 308 g/mol. The van der Waals surface area contributed by atoms with Crippen molar-refractivity contribution in [3.8, 4) is 0 Å². The molecule has 6 nitrogen and oxygen atoms in total. The number of benzene rings is 1. The Labute approximate surface area is 142 Å². The van der Waals surface area contributed by atoms with Crippen LogP contribution in [0.25, 0.3) is 0 Å². The molecule has 1 aromatic carbocycles. The van der Waals surface area contributed by atoms with Crippen molar-refractivity contribution in [2.24, 2.45) is 11.3 Å². The Balaban J connectivity index is 1.86. The van der Waals surface area contributed by atoms with Crippen LogP contribution in [0.15, 0.2) is 24.3 Å². The number of aliphatic hydroxyl groups excluding tert-OH is 1. The molecule has 0 aromatic heterocycles. The van der Waals surface area contributed by atoms with E-state index in [0.717, 1.165) is 12.0 Å². The third-order valence-electron chi connectivity index (χ3n) is 4.63. The first-order valence-corrected chi connectivity index (χ1v) is 8.21. The number of rotatable bonds is 3. The quantitative estimate of drug-likeness (QED) is 0.791. The molecule has 2 atom stereocenters. The highest BCUT2D eigenvalue weighted by molar-refractivity contribution is 5.87. The molecule has 0 saturated carbocycles. The predicted molar refractivity (Wildman–Crippen MR) is 90.8 cm³/mol. The third-order valence-corrected chi connectivity index (χ3v) is 4.63. The van der Waals surface area contributed by atoms with E-state index in [2.05, 4.69) is 26.1 Å². The molecule has 24 heavy (non-hydrogen) atoms. The Hall–Kier alpha value is -2.08. The van der Waals surface area contributed by atoms with Gasteiger partial charge in [-0.05, 0) is 35.4 Å². The maximum absolute atomic E-state index is 12.3. The second-order valence-electron chi connectivity index (χ2n) is 7.44. The summed E-state index contributed by atoms with van der Waals surface area (Å²) in [6.45, 7) is 7.62. The zero-order valence-corrected chi connectivity index (χ0v) is 14.5. The summed E-state index contributed by atoms with van der Waals surface area (Å²) in [7, 11) is 0. The molecule has 2 unspecified atom stereocenters. The molecule has 1 fully saturated rings. The summed E-state index contributed by atoms with van der Waals surface area (Å²) >= 11 is 0. The van der Waals surface area contributed by atoms with Crippen LogP contribution in [0, 0.1) is 11.3 Å². The van der Waals surface area contributed by atoms with Crippen LogP contribution >= 0.6 is 0 Å². The average Bonchev–Trinajstić information content (AvgIpc) is 2.51. The molecule has 0 radical (unpaired) electrons. The number of aromatic carboxylic acids is 1. The van der Waals surface area contributed by atoms with Crippen LogP contribution in [-0.2, 0) is 6.54 Å². The summed E-state index contributed by atoms with van der Waals surface area (Å²) in [5.41, 5.74) is 1.07. The number of likely N-dealkylation sites (tertiary alicyclic amines) is 1. The minimum atomic E-state index is -0.971. The van der Waals surface area contributed by atoms with E-state index in [4.69, 9.17) is 5.11 Å². The van der Waals surface area contributed by atoms with Gasteiger partial charge in [0.1, 0.15) is 0 Å². The topological polar surface area (TPSA) is 89.9 Å². The fourth-order valence-electron chi connectivity index (χ4n) is 3.18. The number of carbonyl (C=O) groups is 2. The van der Waals surface area contributed by atoms with Gasteiger partial charge in [-0.3, -0.25) is 0 Å². The second kappa shape index (κ2) is 7.21. The van der Waals surface area contributed by atoms with Gasteiger partial charge in [0.2, 0.25) is 0 Å². The molecule has 132 valence electrons. The average molecular weight is 334 g/mol. The summed E-state index contributed by atoms with van der Waals surface area (Å²) < 4.78 is 0. The molecule has 1 heterocycles. The lowest BCUT2D eigenvalue weighted by molar-refractivity contribution is -0.0124. The van der Waals surface area contributed by atoms with Gasteiger partial charge in [-0.15, -0.1) is 0 Å². The molecule has 2 amide bonds. The molecule has 0 aliphatic carbocycles. The van der Waals surface area contributed by atoms with Gasteiger partial charge in [0.05, 0.1) is 11.7 Å². The lowest BCUT2D eigenvalue weighted by Gasteiger charge is -2.42. The summed E-state index contributed by atoms with van der Waals surface area (Å²) in [6.07, 6.45) is 0.269. The van der Waals surface area contributed by atoms with E-state index in [1.165, 1.54) is 12.1 Å². The Morgan fingerprint density at radius 1 is 1.25 bits per heavy atom. The Morgan fingerprint density at radius 3 is 2.38 bits per heavy atom. The molecule has 1 aliphatic heterocycles. The van der Waals surface area contributed by atoms with Gasteiger partial charge in [0, 0.05) is 19.6 Å². The van der Waals surface area contributed by atoms with Crippen LogP contribution in [0.4, 0.5) is 4.79 Å². The van der Waals surface area contributed by atoms with Crippen LogP contribution < -0.4 is 5.32 Å². The summed E-state index contributed by atoms with van der Waals surface area (Å²) in [5, 5.41) is 22.0. The molecule has 3 N–H and O–H groups in total. The minimum absolute atomic E-state index is 0.0217. The summed E-state index contributed by atoms with van der Waals surface area (Å²) in [6, 6.07) is 6.20. The number of nitrogens with zero attached hydrogens (tertiary/aromatic N) is 1. The zero-order chi connectivity index (χ0) is 17.9. The maximum atomic E-state index is 12.3. The molecule has 2 rings (SSSR count). The number of nitrogens with one attached hydrogen (secondary N) is 1. The largest absolute Gasteiger partial charge is 0.478 e. The molecule has 0 bridgehead atoms. The number of carboxylic acids is 1. The lowest BCUT2D eigenvalue weighted by atomic mass is 9.74. The number of hydrogen-bond donors (Lipinski definition) is 3. The monoisotopic (exact) mass is 334 g/mol. The van der Waals surface area contributed by atoms with E-state index in [0.29, 0.717) is 19.6 Å². The first-order valence-electron chi connectivity index (χ1n) is 8.21. The molecule has 0 spiro atoms. The smallest absolute Gasteiger partial charge is 0.335 e. The number of urea groups is 1. The molecular formula is C18H26N2O4. The van der Waals surface area contributed by atoms with Crippen LogP contribution in [-0.4, -0.2) is 46.3 Å². The highest BCUT2D eigenvalue weighted by atomic mass is 16.4. The van der Waals surface area contributed by atoms with E-state index < -0.39 is 12.1 Å². The Morgan fingerprint density at radius 2 is 1.88 bits per heavy atom. The standard InChI is InChI=1S/C18H26N2O4/c1-18(2,3)14-8-9-20(11-15(14)21)17(24)19-10-12-4-6-13(7-5-12)16(22)23/h4-7,14-15,21H,8-11H2,1-3H3,(H,19,24)(H,22,23). The van der Waals surface area contributed by atoms with E-state index >= 15 is 0 Å². The number of carboxylic acid groups (broad SMARTS) is 1. The van der Waals surface area contributed by atoms with Gasteiger partial charge >= 0.3 is 12.0 Å². The molecule has 1 saturated heterocycles. The molecule has 6 heteroatoms. The number of piperidine rings is 1. The van der Waals surface area contributed by atoms with Crippen LogP contribution in [0.2, 0.25) is 0 Å². The normalized spacial score (nSPS) is 21.4. The number of carbonyl (C=O) groups excluding carboxylic acids is 1. The zero-order valence-electron chi connectivity index (χ0n) is 14.5. The van der Waals surface area contributed by atoms with Gasteiger partial charge in [-0.25, -0.2) is 9.59 Å². The van der Waals surface area contributed by atoms with Crippen molar-refractivity contribution in [3.05, 3.63) is 35.4 Å². The molecule has 1 aromatic rings. The summed E-state index contributed by atoms with van der Waals surface area (Å²) in [5.74, 6) is -0.786. The van der Waals surface area contributed by atoms with Crippen molar-refractivity contribution in [1.29, 1.82) is 0 Å². The van der Waals surface area contributed by atoms with E-state index in [9.17, 15) is 14.7 Å². The van der Waals surface area contributed by atoms with Gasteiger partial charge in [-0.2, -0.15) is 0 Å². The van der Waals surface area contributed by atoms with Crippen LogP contribution in [0.3, 0.4) is 0 Å². The molecule has 1 aliphatic rings. The van der Waals surface area contributed by atoms with Crippen molar-refractivity contribution in [3.63, 3.8) is 0 Å². The fraction of sp³-hybridized carbons (Fsp3) is 0.556. The van der Waals surface area contributed by atoms with Crippen molar-refractivity contribution < 1.29 is 19.8 Å². The van der Waals surface area contributed by atoms with Crippen LogP contribution in [0.5, 0.6) is 0 Å². The van der Waals surface area contributed by atoms with Gasteiger partial charge in [0.15, 0.2) is 0 Å². The highest BCUT2D eigenvalue weighted by Crippen LogP contribution is 2.34. The van der Waals surface area contributed by atoms with Crippen LogP contribution in [0.1, 0.15) is 43.1 Å². The second-order valence-corrected chi connectivity index (χ2v) is 7.44. The number of amides is 2. The maximum Gasteiger partial charge on any atom is 0.335 e. The number of aliphatic hydroxyl groups is 1. The summed E-state index contributed by atoms with van der Waals surface area (Å²) in [4.78, 5) is 24.7. The van der Waals surface area contributed by atoms with E-state index in [1.54, 1.807) is 17.0 Å². The highest BCUT2D eigenvalue weighted by Gasteiger charge is 2.36. The first kappa shape index (κ1) is 18.3. The predicted octanol–water partition coefficient (Wildman–Crippen LogP) is 2.32. The minimum Gasteiger partial charge on any atom is -0.478 e. The van der Waals surface area contributed by atoms with Gasteiger partial charge in [-0.1, -0.05) is 32.9 Å². The van der Waals surface area contributed by atoms with E-state index in [1.807, 2.05) is 0 Å². The SMILES string of the molecule is CC(C)(C)C1CCN(C(=O)NCc2ccc(C(=O)O)cc2)CC1O. The van der Waals surface area contributed by atoms with Gasteiger partial charge < -0.3 is 20.4 Å². The Kier molecular flexibility index (Phi) is 5.49. The number of β-amino-alcohol motifs (C(OH)–C–C–N with tert-alkyl or cyclic N) is 1. The lowest BCUT2D eigenvalue weighted by Crippen LogP contribution is -2.52. The van der Waals surface area contributed by atoms with E-state index in [-0.39, 0.29) is 22.9 Å². The third kappa shape index (κ3) is 4.47. The number of hydrogen-bond acceptors (Lipinski definition) is 3. The fourth-order valence-corrected chi connectivity index (χ4v) is 3.18. The van der Waals surface area contributed by atoms with Crippen molar-refractivity contribution in [1.82, 2.24) is 10.2 Å². The van der Waals surface area contributed by atoms with Crippen molar-refractivity contribution >= 4 is 12.0 Å².